The van der Waals surface area contributed by atoms with Gasteiger partial charge in [0.2, 0.25) is 5.91 Å². The fourth-order valence-corrected chi connectivity index (χ4v) is 2.52. The molecule has 0 heterocycles. The van der Waals surface area contributed by atoms with Gasteiger partial charge in [0.1, 0.15) is 0 Å². The Morgan fingerprint density at radius 1 is 1.29 bits per heavy atom. The van der Waals surface area contributed by atoms with Crippen molar-refractivity contribution in [2.24, 2.45) is 5.41 Å². The SMILES string of the molecule is CC(NC(=O)CN(C)C(C)C(C)(C)C)c1ccccc1Cl. The first-order valence-corrected chi connectivity index (χ1v) is 7.74. The number of amides is 1. The highest BCUT2D eigenvalue weighted by Crippen LogP contribution is 2.24. The molecule has 1 aromatic carbocycles. The minimum Gasteiger partial charge on any atom is -0.348 e. The zero-order chi connectivity index (χ0) is 16.2. The molecular formula is C17H27ClN2O. The summed E-state index contributed by atoms with van der Waals surface area (Å²) in [4.78, 5) is 14.3. The normalized spacial score (nSPS) is 14.9. The van der Waals surface area contributed by atoms with Crippen molar-refractivity contribution in [2.45, 2.75) is 46.7 Å². The molecule has 0 saturated carbocycles. The van der Waals surface area contributed by atoms with E-state index < -0.39 is 0 Å². The second kappa shape index (κ2) is 7.28. The maximum Gasteiger partial charge on any atom is 0.234 e. The van der Waals surface area contributed by atoms with Crippen molar-refractivity contribution < 1.29 is 4.79 Å². The van der Waals surface area contributed by atoms with E-state index in [0.29, 0.717) is 17.6 Å². The van der Waals surface area contributed by atoms with E-state index in [1.54, 1.807) is 0 Å². The molecule has 21 heavy (non-hydrogen) atoms. The summed E-state index contributed by atoms with van der Waals surface area (Å²) in [6.07, 6.45) is 0. The van der Waals surface area contributed by atoms with Gasteiger partial charge in [-0.3, -0.25) is 9.69 Å². The van der Waals surface area contributed by atoms with Gasteiger partial charge in [-0.15, -0.1) is 0 Å². The first-order chi connectivity index (χ1) is 9.62. The van der Waals surface area contributed by atoms with Crippen molar-refractivity contribution in [1.82, 2.24) is 10.2 Å². The maximum atomic E-state index is 12.2. The van der Waals surface area contributed by atoms with Gasteiger partial charge in [0.25, 0.3) is 0 Å². The quantitative estimate of drug-likeness (QED) is 0.895. The first kappa shape index (κ1) is 18.0. The van der Waals surface area contributed by atoms with Crippen LogP contribution in [0.4, 0.5) is 0 Å². The molecular weight excluding hydrogens is 284 g/mol. The number of halogens is 1. The Morgan fingerprint density at radius 2 is 1.86 bits per heavy atom. The van der Waals surface area contributed by atoms with Gasteiger partial charge >= 0.3 is 0 Å². The Morgan fingerprint density at radius 3 is 2.38 bits per heavy atom. The van der Waals surface area contributed by atoms with E-state index in [2.05, 4.69) is 37.9 Å². The van der Waals surface area contributed by atoms with Gasteiger partial charge in [-0.2, -0.15) is 0 Å². The minimum absolute atomic E-state index is 0.0148. The highest BCUT2D eigenvalue weighted by Gasteiger charge is 2.25. The lowest BCUT2D eigenvalue weighted by Crippen LogP contribution is -2.45. The Labute approximate surface area is 133 Å². The van der Waals surface area contributed by atoms with Gasteiger partial charge in [0.05, 0.1) is 12.6 Å². The van der Waals surface area contributed by atoms with E-state index in [4.69, 9.17) is 11.6 Å². The van der Waals surface area contributed by atoms with Gasteiger partial charge in [-0.1, -0.05) is 50.6 Å². The number of carbonyl (C=O) groups is 1. The van der Waals surface area contributed by atoms with E-state index in [0.717, 1.165) is 5.56 Å². The van der Waals surface area contributed by atoms with Gasteiger partial charge in [0, 0.05) is 11.1 Å². The summed E-state index contributed by atoms with van der Waals surface area (Å²) in [5.41, 5.74) is 1.09. The third kappa shape index (κ3) is 5.33. The van der Waals surface area contributed by atoms with Crippen molar-refractivity contribution in [3.05, 3.63) is 34.9 Å². The van der Waals surface area contributed by atoms with E-state index in [1.165, 1.54) is 0 Å². The number of rotatable bonds is 5. The summed E-state index contributed by atoms with van der Waals surface area (Å²) >= 11 is 6.16. The number of hydrogen-bond donors (Lipinski definition) is 1. The van der Waals surface area contributed by atoms with Gasteiger partial charge < -0.3 is 5.32 Å². The van der Waals surface area contributed by atoms with Crippen molar-refractivity contribution in [2.75, 3.05) is 13.6 Å². The lowest BCUT2D eigenvalue weighted by molar-refractivity contribution is -0.123. The molecule has 1 aromatic rings. The first-order valence-electron chi connectivity index (χ1n) is 7.37. The fourth-order valence-electron chi connectivity index (χ4n) is 2.22. The van der Waals surface area contributed by atoms with E-state index in [1.807, 2.05) is 38.2 Å². The van der Waals surface area contributed by atoms with Crippen molar-refractivity contribution in [3.8, 4) is 0 Å². The number of benzene rings is 1. The molecule has 1 rings (SSSR count). The van der Waals surface area contributed by atoms with E-state index >= 15 is 0 Å². The average molecular weight is 311 g/mol. The molecule has 1 N–H and O–H groups in total. The van der Waals surface area contributed by atoms with Gasteiger partial charge in [-0.25, -0.2) is 0 Å². The van der Waals surface area contributed by atoms with Gasteiger partial charge in [0.15, 0.2) is 0 Å². The highest BCUT2D eigenvalue weighted by molar-refractivity contribution is 6.31. The van der Waals surface area contributed by atoms with Crippen molar-refractivity contribution in [3.63, 3.8) is 0 Å². The molecule has 1 amide bonds. The molecule has 4 heteroatoms. The molecule has 0 aliphatic heterocycles. The Kier molecular flexibility index (Phi) is 6.24. The summed E-state index contributed by atoms with van der Waals surface area (Å²) in [6.45, 7) is 11.0. The summed E-state index contributed by atoms with van der Waals surface area (Å²) in [5.74, 6) is 0.0148. The Balaban J connectivity index is 2.60. The second-order valence-corrected chi connectivity index (χ2v) is 7.18. The molecule has 0 saturated heterocycles. The molecule has 118 valence electrons. The van der Waals surface area contributed by atoms with Gasteiger partial charge in [-0.05, 0) is 37.9 Å². The molecule has 0 aliphatic carbocycles. The van der Waals surface area contributed by atoms with Crippen LogP contribution in [-0.2, 0) is 4.79 Å². The lowest BCUT2D eigenvalue weighted by atomic mass is 9.87. The number of nitrogens with one attached hydrogen (secondary N) is 1. The smallest absolute Gasteiger partial charge is 0.234 e. The minimum atomic E-state index is -0.0930. The van der Waals surface area contributed by atoms with Crippen LogP contribution in [0.3, 0.4) is 0 Å². The number of hydrogen-bond acceptors (Lipinski definition) is 2. The topological polar surface area (TPSA) is 32.3 Å². The third-order valence-electron chi connectivity index (χ3n) is 4.06. The summed E-state index contributed by atoms with van der Waals surface area (Å²) in [7, 11) is 1.98. The van der Waals surface area contributed by atoms with Crippen LogP contribution in [0.1, 0.15) is 46.2 Å². The number of likely N-dealkylation sites (N-methyl/N-ethyl adjacent to an activating group) is 1. The third-order valence-corrected chi connectivity index (χ3v) is 4.40. The maximum absolute atomic E-state index is 12.2. The van der Waals surface area contributed by atoms with Crippen LogP contribution in [0.5, 0.6) is 0 Å². The van der Waals surface area contributed by atoms with Crippen LogP contribution in [0.25, 0.3) is 0 Å². The molecule has 3 nitrogen and oxygen atoms in total. The molecule has 0 fully saturated rings. The predicted octanol–water partition coefficient (Wildman–Crippen LogP) is 3.88. The predicted molar refractivity (Wildman–Crippen MR) is 89.6 cm³/mol. The molecule has 0 aliphatic rings. The van der Waals surface area contributed by atoms with E-state index in [-0.39, 0.29) is 17.4 Å². The Hall–Kier alpha value is -1.06. The molecule has 2 atom stereocenters. The molecule has 0 bridgehead atoms. The Bertz CT molecular complexity index is 482. The standard InChI is InChI=1S/C17H27ClN2O/c1-12(14-9-7-8-10-15(14)18)19-16(21)11-20(6)13(2)17(3,4)5/h7-10,12-13H,11H2,1-6H3,(H,19,21). The zero-order valence-electron chi connectivity index (χ0n) is 13.9. The van der Waals surface area contributed by atoms with Crippen LogP contribution in [0, 0.1) is 5.41 Å². The summed E-state index contributed by atoms with van der Waals surface area (Å²) < 4.78 is 0. The lowest BCUT2D eigenvalue weighted by Gasteiger charge is -2.35. The van der Waals surface area contributed by atoms with Crippen LogP contribution < -0.4 is 5.32 Å². The largest absolute Gasteiger partial charge is 0.348 e. The van der Waals surface area contributed by atoms with Crippen LogP contribution in [0.2, 0.25) is 5.02 Å². The van der Waals surface area contributed by atoms with Crippen LogP contribution >= 0.6 is 11.6 Å². The highest BCUT2D eigenvalue weighted by atomic mass is 35.5. The molecule has 0 aromatic heterocycles. The summed E-state index contributed by atoms with van der Waals surface area (Å²) in [5, 5.41) is 3.69. The van der Waals surface area contributed by atoms with Crippen LogP contribution in [0.15, 0.2) is 24.3 Å². The van der Waals surface area contributed by atoms with Crippen molar-refractivity contribution >= 4 is 17.5 Å². The second-order valence-electron chi connectivity index (χ2n) is 6.77. The number of nitrogens with zero attached hydrogens (tertiary/aromatic N) is 1. The zero-order valence-corrected chi connectivity index (χ0v) is 14.7. The molecule has 0 spiro atoms. The monoisotopic (exact) mass is 310 g/mol. The fraction of sp³-hybridized carbons (Fsp3) is 0.588. The van der Waals surface area contributed by atoms with Crippen LogP contribution in [-0.4, -0.2) is 30.4 Å². The molecule has 2 unspecified atom stereocenters. The number of carbonyl (C=O) groups excluding carboxylic acids is 1. The van der Waals surface area contributed by atoms with Crippen molar-refractivity contribution in [1.29, 1.82) is 0 Å². The summed E-state index contributed by atoms with van der Waals surface area (Å²) in [6, 6.07) is 7.82. The molecule has 0 radical (unpaired) electrons. The van der Waals surface area contributed by atoms with E-state index in [9.17, 15) is 4.79 Å². The average Bonchev–Trinajstić information content (AvgIpc) is 2.36.